The van der Waals surface area contributed by atoms with Crippen LogP contribution in [0.1, 0.15) is 5.56 Å². The lowest BCUT2D eigenvalue weighted by Crippen LogP contribution is -2.22. The molecule has 0 aliphatic carbocycles. The summed E-state index contributed by atoms with van der Waals surface area (Å²) < 4.78 is 25.0. The van der Waals surface area contributed by atoms with Crippen molar-refractivity contribution in [3.63, 3.8) is 0 Å². The van der Waals surface area contributed by atoms with Crippen molar-refractivity contribution in [3.05, 3.63) is 36.0 Å². The van der Waals surface area contributed by atoms with E-state index in [0.29, 0.717) is 4.90 Å². The Morgan fingerprint density at radius 2 is 1.82 bits per heavy atom. The van der Waals surface area contributed by atoms with Gasteiger partial charge >= 0.3 is 6.15 Å². The fourth-order valence-corrected chi connectivity index (χ4v) is 3.03. The van der Waals surface area contributed by atoms with E-state index in [2.05, 4.69) is 15.4 Å². The van der Waals surface area contributed by atoms with Gasteiger partial charge in [-0.1, -0.05) is 23.9 Å². The van der Waals surface area contributed by atoms with Crippen LogP contribution in [0, 0.1) is 0 Å². The third-order valence-electron chi connectivity index (χ3n) is 2.48. The molecule has 1 aromatic heterocycles. The first-order chi connectivity index (χ1) is 10.4. The molecule has 118 valence electrons. The number of hydrogen-bond donors (Lipinski definition) is 1. The fraction of sp³-hybridized carbons (Fsp3) is 0.250. The first-order valence-corrected chi connectivity index (χ1v) is 8.33. The number of carbonyl (C=O) groups excluding carboxylic acids is 2. The molecule has 2 aromatic rings. The highest BCUT2D eigenvalue weighted by Crippen LogP contribution is 2.21. The van der Waals surface area contributed by atoms with Crippen LogP contribution in [0.5, 0.6) is 0 Å². The van der Waals surface area contributed by atoms with Crippen molar-refractivity contribution in [1.82, 2.24) is 19.7 Å². The standard InChI is InChI=1S/C11H14N4O2S2.CO2/c1-15(2)19(16,17)10-5-3-9(4-6-10)8-18-11-7-12-14-13-11;2-1-3/h3-7H,8H2,1-2H3,(H,12,13,14);. The van der Waals surface area contributed by atoms with Crippen LogP contribution in [0.3, 0.4) is 0 Å². The normalized spacial score (nSPS) is 10.7. The molecule has 8 nitrogen and oxygen atoms in total. The van der Waals surface area contributed by atoms with E-state index in [1.807, 2.05) is 12.1 Å². The van der Waals surface area contributed by atoms with Gasteiger partial charge in [0.2, 0.25) is 10.0 Å². The largest absolute Gasteiger partial charge is 0.373 e. The molecule has 0 unspecified atom stereocenters. The lowest BCUT2D eigenvalue weighted by Gasteiger charge is -2.11. The fourth-order valence-electron chi connectivity index (χ4n) is 1.39. The molecule has 0 bridgehead atoms. The number of nitrogens with zero attached hydrogens (tertiary/aromatic N) is 3. The maximum atomic E-state index is 11.9. The number of rotatable bonds is 5. The molecular weight excluding hydrogens is 328 g/mol. The number of aromatic amines is 1. The van der Waals surface area contributed by atoms with E-state index in [4.69, 9.17) is 9.59 Å². The van der Waals surface area contributed by atoms with E-state index in [9.17, 15) is 8.42 Å². The highest BCUT2D eigenvalue weighted by atomic mass is 32.2. The zero-order chi connectivity index (χ0) is 16.6. The monoisotopic (exact) mass is 342 g/mol. The summed E-state index contributed by atoms with van der Waals surface area (Å²) in [6, 6.07) is 6.86. The first-order valence-electron chi connectivity index (χ1n) is 5.91. The number of benzene rings is 1. The first kappa shape index (κ1) is 18.1. The number of aromatic nitrogens is 3. The summed E-state index contributed by atoms with van der Waals surface area (Å²) in [6.07, 6.45) is 1.90. The van der Waals surface area contributed by atoms with Gasteiger partial charge in [-0.3, -0.25) is 0 Å². The highest BCUT2D eigenvalue weighted by molar-refractivity contribution is 7.98. The second-order valence-corrected chi connectivity index (χ2v) is 7.26. The van der Waals surface area contributed by atoms with Gasteiger partial charge < -0.3 is 0 Å². The summed E-state index contributed by atoms with van der Waals surface area (Å²) in [6.45, 7) is 0. The predicted octanol–water partition coefficient (Wildman–Crippen LogP) is 0.764. The van der Waals surface area contributed by atoms with Gasteiger partial charge in [0.15, 0.2) is 0 Å². The van der Waals surface area contributed by atoms with Gasteiger partial charge in [-0.05, 0) is 17.7 Å². The van der Waals surface area contributed by atoms with Crippen LogP contribution in [-0.2, 0) is 25.4 Å². The van der Waals surface area contributed by atoms with Crippen LogP contribution in [0.15, 0.2) is 40.4 Å². The molecule has 1 aromatic carbocycles. The van der Waals surface area contributed by atoms with Crippen LogP contribution in [0.4, 0.5) is 0 Å². The molecule has 22 heavy (non-hydrogen) atoms. The van der Waals surface area contributed by atoms with Gasteiger partial charge in [0, 0.05) is 19.8 Å². The molecule has 0 aliphatic heterocycles. The van der Waals surface area contributed by atoms with Crippen molar-refractivity contribution in [1.29, 1.82) is 0 Å². The number of thioether (sulfide) groups is 1. The van der Waals surface area contributed by atoms with Crippen LogP contribution >= 0.6 is 11.8 Å². The van der Waals surface area contributed by atoms with Gasteiger partial charge in [0.1, 0.15) is 5.03 Å². The Kier molecular flexibility index (Phi) is 6.93. The summed E-state index contributed by atoms with van der Waals surface area (Å²) in [5.74, 6) is 0.717. The summed E-state index contributed by atoms with van der Waals surface area (Å²) in [7, 11) is -0.318. The summed E-state index contributed by atoms with van der Waals surface area (Å²) in [5, 5.41) is 11.0. The lowest BCUT2D eigenvalue weighted by atomic mass is 10.2. The highest BCUT2D eigenvalue weighted by Gasteiger charge is 2.16. The van der Waals surface area contributed by atoms with Gasteiger partial charge in [0.05, 0.1) is 11.1 Å². The zero-order valence-corrected chi connectivity index (χ0v) is 13.5. The predicted molar refractivity (Wildman–Crippen MR) is 78.3 cm³/mol. The van der Waals surface area contributed by atoms with Gasteiger partial charge in [0.25, 0.3) is 0 Å². The molecule has 1 N–H and O–H groups in total. The Balaban J connectivity index is 0.000000745. The molecule has 0 radical (unpaired) electrons. The molecule has 10 heteroatoms. The van der Waals surface area contributed by atoms with Crippen LogP contribution in [0.25, 0.3) is 0 Å². The van der Waals surface area contributed by atoms with E-state index in [1.54, 1.807) is 18.3 Å². The molecule has 2 rings (SSSR count). The molecule has 0 fully saturated rings. The topological polar surface area (TPSA) is 113 Å². The Bertz CT molecular complexity index is 706. The molecule has 0 aliphatic rings. The second kappa shape index (κ2) is 8.44. The molecule has 0 atom stereocenters. The van der Waals surface area contributed by atoms with Crippen LogP contribution < -0.4 is 0 Å². The Labute approximate surface area is 132 Å². The Hall–Kier alpha value is -2.00. The molecule has 0 amide bonds. The Morgan fingerprint density at radius 1 is 1.23 bits per heavy atom. The Morgan fingerprint density at radius 3 is 2.27 bits per heavy atom. The molecule has 0 saturated carbocycles. The van der Waals surface area contributed by atoms with E-state index in [0.717, 1.165) is 16.3 Å². The van der Waals surface area contributed by atoms with E-state index < -0.39 is 10.0 Å². The minimum absolute atomic E-state index is 0.250. The van der Waals surface area contributed by atoms with Crippen molar-refractivity contribution in [2.45, 2.75) is 15.7 Å². The van der Waals surface area contributed by atoms with Crippen molar-refractivity contribution in [3.8, 4) is 0 Å². The average molecular weight is 342 g/mol. The van der Waals surface area contributed by atoms with E-state index >= 15 is 0 Å². The number of sulfonamides is 1. The zero-order valence-electron chi connectivity index (χ0n) is 11.9. The van der Waals surface area contributed by atoms with E-state index in [-0.39, 0.29) is 6.15 Å². The number of H-pyrrole nitrogens is 1. The third kappa shape index (κ3) is 5.08. The van der Waals surface area contributed by atoms with Crippen LogP contribution in [-0.4, -0.2) is 48.4 Å². The quantitative estimate of drug-likeness (QED) is 0.798. The minimum atomic E-state index is -3.35. The van der Waals surface area contributed by atoms with Crippen molar-refractivity contribution in [2.24, 2.45) is 0 Å². The lowest BCUT2D eigenvalue weighted by molar-refractivity contribution is -0.191. The molecule has 0 saturated heterocycles. The maximum absolute atomic E-state index is 11.9. The summed E-state index contributed by atoms with van der Waals surface area (Å²) >= 11 is 1.54. The van der Waals surface area contributed by atoms with Gasteiger partial charge in [-0.2, -0.15) is 19.9 Å². The SMILES string of the molecule is CN(C)S(=O)(=O)c1ccc(CSc2cn[nH]n2)cc1.O=C=O. The number of nitrogens with one attached hydrogen (secondary N) is 1. The van der Waals surface area contributed by atoms with Gasteiger partial charge in [-0.15, -0.1) is 5.10 Å². The number of hydrogen-bond acceptors (Lipinski definition) is 7. The minimum Gasteiger partial charge on any atom is -0.207 e. The molecule has 1 heterocycles. The summed E-state index contributed by atoms with van der Waals surface area (Å²) in [5.41, 5.74) is 1.03. The maximum Gasteiger partial charge on any atom is 0.373 e. The average Bonchev–Trinajstić information content (AvgIpc) is 2.99. The smallest absolute Gasteiger partial charge is 0.207 e. The summed E-state index contributed by atoms with van der Waals surface area (Å²) in [4.78, 5) is 16.5. The van der Waals surface area contributed by atoms with Crippen molar-refractivity contribution >= 4 is 27.9 Å². The second-order valence-electron chi connectivity index (χ2n) is 4.11. The van der Waals surface area contributed by atoms with E-state index in [1.165, 1.54) is 30.2 Å². The third-order valence-corrected chi connectivity index (χ3v) is 5.28. The molecular formula is C12H14N4O4S2. The van der Waals surface area contributed by atoms with Crippen molar-refractivity contribution in [2.75, 3.05) is 14.1 Å². The molecule has 0 spiro atoms. The van der Waals surface area contributed by atoms with Gasteiger partial charge in [-0.25, -0.2) is 12.7 Å². The van der Waals surface area contributed by atoms with Crippen LogP contribution in [0.2, 0.25) is 0 Å². The van der Waals surface area contributed by atoms with Crippen molar-refractivity contribution < 1.29 is 18.0 Å².